The summed E-state index contributed by atoms with van der Waals surface area (Å²) in [5.41, 5.74) is 1.90. The topological polar surface area (TPSA) is 80.1 Å². The molecule has 4 rings (SSSR count). The Labute approximate surface area is 226 Å². The van der Waals surface area contributed by atoms with Crippen LogP contribution in [0.4, 0.5) is 0 Å². The van der Waals surface area contributed by atoms with E-state index in [0.717, 1.165) is 29.7 Å². The fourth-order valence-electron chi connectivity index (χ4n) is 4.58. The lowest BCUT2D eigenvalue weighted by Crippen LogP contribution is -2.45. The first-order chi connectivity index (χ1) is 18.0. The zero-order valence-corrected chi connectivity index (χ0v) is 23.5. The molecule has 204 valence electrons. The Morgan fingerprint density at radius 3 is 2.26 bits per heavy atom. The highest BCUT2D eigenvalue weighted by Crippen LogP contribution is 2.26. The van der Waals surface area contributed by atoms with E-state index < -0.39 is 10.0 Å². The highest BCUT2D eigenvalue weighted by atomic mass is 32.2. The van der Waals surface area contributed by atoms with E-state index in [0.29, 0.717) is 18.9 Å². The van der Waals surface area contributed by atoms with E-state index in [4.69, 9.17) is 9.15 Å². The molecule has 1 aliphatic rings. The third kappa shape index (κ3) is 7.12. The van der Waals surface area contributed by atoms with Crippen LogP contribution in [0.3, 0.4) is 0 Å². The summed E-state index contributed by atoms with van der Waals surface area (Å²) < 4.78 is 40.5. The van der Waals surface area contributed by atoms with Crippen molar-refractivity contribution in [3.8, 4) is 0 Å². The van der Waals surface area contributed by atoms with Gasteiger partial charge in [0.1, 0.15) is 11.5 Å². The van der Waals surface area contributed by atoms with Crippen LogP contribution in [0.2, 0.25) is 0 Å². The number of hydrogen-bond donors (Lipinski definition) is 0. The van der Waals surface area contributed by atoms with Crippen LogP contribution in [0.25, 0.3) is 0 Å². The van der Waals surface area contributed by atoms with Gasteiger partial charge in [-0.2, -0.15) is 4.31 Å². The minimum absolute atomic E-state index is 0.0994. The summed E-state index contributed by atoms with van der Waals surface area (Å²) in [6.07, 6.45) is 1.41. The number of aryl methyl sites for hydroxylation is 1. The molecule has 8 heteroatoms. The molecule has 0 N–H and O–H groups in total. The van der Waals surface area contributed by atoms with Gasteiger partial charge < -0.3 is 14.1 Å². The standard InChI is InChI=1S/C30H38N2O5S/c1-23-12-15-27(37-23)20-31(19-24-9-6-5-7-10-24)29(33)22-32(21-26-11-8-18-36-26)38(34,35)28-16-13-25(14-17-28)30(2,3)4/h5-7,9-10,12-17,26H,8,11,18-22H2,1-4H3. The Kier molecular flexibility index (Phi) is 8.75. The number of nitrogens with zero attached hydrogens (tertiary/aromatic N) is 2. The maximum Gasteiger partial charge on any atom is 0.243 e. The zero-order chi connectivity index (χ0) is 27.3. The van der Waals surface area contributed by atoms with Gasteiger partial charge in [0.2, 0.25) is 15.9 Å². The second-order valence-electron chi connectivity index (χ2n) is 11.0. The number of amides is 1. The van der Waals surface area contributed by atoms with Crippen LogP contribution in [0.5, 0.6) is 0 Å². The number of benzene rings is 2. The number of rotatable bonds is 10. The molecule has 1 aromatic heterocycles. The lowest BCUT2D eigenvalue weighted by Gasteiger charge is -2.28. The molecule has 1 fully saturated rings. The molecule has 0 aliphatic carbocycles. The quantitative estimate of drug-likeness (QED) is 0.351. The smallest absolute Gasteiger partial charge is 0.243 e. The minimum Gasteiger partial charge on any atom is -0.464 e. The van der Waals surface area contributed by atoms with Gasteiger partial charge in [-0.05, 0) is 60.6 Å². The maximum atomic E-state index is 13.8. The molecule has 1 saturated heterocycles. The van der Waals surface area contributed by atoms with E-state index in [1.807, 2.05) is 61.5 Å². The third-order valence-corrected chi connectivity index (χ3v) is 8.64. The van der Waals surface area contributed by atoms with E-state index in [1.54, 1.807) is 17.0 Å². The molecular formula is C30H38N2O5S. The highest BCUT2D eigenvalue weighted by Gasteiger charge is 2.32. The second kappa shape index (κ2) is 11.8. The molecule has 3 aromatic rings. The predicted molar refractivity (Wildman–Crippen MR) is 147 cm³/mol. The van der Waals surface area contributed by atoms with Gasteiger partial charge in [0.15, 0.2) is 0 Å². The summed E-state index contributed by atoms with van der Waals surface area (Å²) in [4.78, 5) is 15.6. The average Bonchev–Trinajstić information content (AvgIpc) is 3.55. The van der Waals surface area contributed by atoms with Gasteiger partial charge in [-0.25, -0.2) is 8.42 Å². The van der Waals surface area contributed by atoms with Crippen LogP contribution in [-0.2, 0) is 38.1 Å². The fourth-order valence-corrected chi connectivity index (χ4v) is 6.01. The molecule has 0 radical (unpaired) electrons. The van der Waals surface area contributed by atoms with Crippen molar-refractivity contribution in [2.24, 2.45) is 0 Å². The molecule has 1 unspecified atom stereocenters. The molecule has 0 bridgehead atoms. The summed E-state index contributed by atoms with van der Waals surface area (Å²) >= 11 is 0. The van der Waals surface area contributed by atoms with Crippen LogP contribution < -0.4 is 0 Å². The molecule has 1 aliphatic heterocycles. The molecule has 38 heavy (non-hydrogen) atoms. The molecule has 1 atom stereocenters. The Hall–Kier alpha value is -2.94. The zero-order valence-electron chi connectivity index (χ0n) is 22.7. The van der Waals surface area contributed by atoms with E-state index in [-0.39, 0.29) is 42.0 Å². The van der Waals surface area contributed by atoms with E-state index in [9.17, 15) is 13.2 Å². The number of sulfonamides is 1. The molecule has 0 spiro atoms. The Morgan fingerprint density at radius 2 is 1.68 bits per heavy atom. The van der Waals surface area contributed by atoms with Crippen molar-refractivity contribution in [3.63, 3.8) is 0 Å². The normalized spacial score (nSPS) is 16.2. The molecule has 2 heterocycles. The Bertz CT molecular complexity index is 1300. The van der Waals surface area contributed by atoms with Gasteiger partial charge in [0.25, 0.3) is 0 Å². The summed E-state index contributed by atoms with van der Waals surface area (Å²) in [6, 6.07) is 20.3. The molecular weight excluding hydrogens is 500 g/mol. The number of ether oxygens (including phenoxy) is 1. The summed E-state index contributed by atoms with van der Waals surface area (Å²) in [6.45, 7) is 9.15. The first-order valence-corrected chi connectivity index (χ1v) is 14.6. The Morgan fingerprint density at radius 1 is 0.974 bits per heavy atom. The maximum absolute atomic E-state index is 13.8. The van der Waals surface area contributed by atoms with Gasteiger partial charge >= 0.3 is 0 Å². The molecule has 0 saturated carbocycles. The van der Waals surface area contributed by atoms with E-state index in [1.165, 1.54) is 4.31 Å². The number of furan rings is 1. The van der Waals surface area contributed by atoms with Crippen LogP contribution >= 0.6 is 0 Å². The van der Waals surface area contributed by atoms with Crippen molar-refractivity contribution in [1.82, 2.24) is 9.21 Å². The lowest BCUT2D eigenvalue weighted by molar-refractivity contribution is -0.133. The molecule has 7 nitrogen and oxygen atoms in total. The van der Waals surface area contributed by atoms with Gasteiger partial charge in [-0.15, -0.1) is 0 Å². The van der Waals surface area contributed by atoms with Crippen LogP contribution in [0.1, 0.15) is 56.3 Å². The largest absolute Gasteiger partial charge is 0.464 e. The number of carbonyl (C=O) groups is 1. The van der Waals surface area contributed by atoms with Gasteiger partial charge in [-0.3, -0.25) is 4.79 Å². The van der Waals surface area contributed by atoms with Crippen molar-refractivity contribution < 1.29 is 22.4 Å². The average molecular weight is 539 g/mol. The monoisotopic (exact) mass is 538 g/mol. The molecule has 2 aromatic carbocycles. The fraction of sp³-hybridized carbons (Fsp3) is 0.433. The van der Waals surface area contributed by atoms with Crippen LogP contribution in [0.15, 0.2) is 76.0 Å². The van der Waals surface area contributed by atoms with E-state index >= 15 is 0 Å². The second-order valence-corrected chi connectivity index (χ2v) is 12.9. The first kappa shape index (κ1) is 28.1. The van der Waals surface area contributed by atoms with Gasteiger partial charge in [-0.1, -0.05) is 63.2 Å². The first-order valence-electron chi connectivity index (χ1n) is 13.1. The summed E-state index contributed by atoms with van der Waals surface area (Å²) in [5, 5.41) is 0. The van der Waals surface area contributed by atoms with Gasteiger partial charge in [0.05, 0.1) is 24.1 Å². The van der Waals surface area contributed by atoms with Crippen LogP contribution in [-0.4, -0.2) is 49.3 Å². The predicted octanol–water partition coefficient (Wildman–Crippen LogP) is 5.28. The van der Waals surface area contributed by atoms with Gasteiger partial charge in [0, 0.05) is 19.7 Å². The third-order valence-electron chi connectivity index (χ3n) is 6.81. The highest BCUT2D eigenvalue weighted by molar-refractivity contribution is 7.89. The van der Waals surface area contributed by atoms with Crippen molar-refractivity contribution in [1.29, 1.82) is 0 Å². The lowest BCUT2D eigenvalue weighted by atomic mass is 9.87. The van der Waals surface area contributed by atoms with Crippen LogP contribution in [0, 0.1) is 6.92 Å². The van der Waals surface area contributed by atoms with Crippen molar-refractivity contribution in [3.05, 3.63) is 89.4 Å². The molecule has 1 amide bonds. The summed E-state index contributed by atoms with van der Waals surface area (Å²) in [7, 11) is -3.94. The van der Waals surface area contributed by atoms with Crippen molar-refractivity contribution in [2.75, 3.05) is 19.7 Å². The van der Waals surface area contributed by atoms with Crippen molar-refractivity contribution >= 4 is 15.9 Å². The summed E-state index contributed by atoms with van der Waals surface area (Å²) in [5.74, 6) is 1.11. The SMILES string of the molecule is Cc1ccc(CN(Cc2ccccc2)C(=O)CN(CC2CCCO2)S(=O)(=O)c2ccc(C(C)(C)C)cc2)o1. The number of carbonyl (C=O) groups excluding carboxylic acids is 1. The minimum atomic E-state index is -3.94. The van der Waals surface area contributed by atoms with Crippen molar-refractivity contribution in [2.45, 2.75) is 70.0 Å². The Balaban J connectivity index is 1.61. The number of hydrogen-bond acceptors (Lipinski definition) is 5. The van der Waals surface area contributed by atoms with E-state index in [2.05, 4.69) is 20.8 Å².